The summed E-state index contributed by atoms with van der Waals surface area (Å²) in [4.78, 5) is 2.63. The number of likely N-dealkylation sites (tertiary alicyclic amines) is 1. The number of hydrogen-bond acceptors (Lipinski definition) is 3. The largest absolute Gasteiger partial charge is 0.508 e. The second kappa shape index (κ2) is 4.90. The number of nitrogens with zero attached hydrogens (tertiary/aromatic N) is 1. The fourth-order valence-corrected chi connectivity index (χ4v) is 3.35. The van der Waals surface area contributed by atoms with Gasteiger partial charge in [0.25, 0.3) is 0 Å². The minimum atomic E-state index is 0.355. The van der Waals surface area contributed by atoms with E-state index >= 15 is 0 Å². The molecule has 3 atom stereocenters. The van der Waals surface area contributed by atoms with Crippen LogP contribution >= 0.6 is 0 Å². The lowest BCUT2D eigenvalue weighted by Gasteiger charge is -2.25. The highest BCUT2D eigenvalue weighted by Crippen LogP contribution is 2.28. The van der Waals surface area contributed by atoms with Gasteiger partial charge in [0.2, 0.25) is 0 Å². The number of phenols is 1. The fourth-order valence-electron chi connectivity index (χ4n) is 3.35. The Labute approximate surface area is 109 Å². The summed E-state index contributed by atoms with van der Waals surface area (Å²) in [5, 5.41) is 12.8. The van der Waals surface area contributed by atoms with E-state index < -0.39 is 0 Å². The molecule has 2 fully saturated rings. The Hall–Kier alpha value is -1.06. The number of aromatic hydroxyl groups is 1. The molecule has 1 aromatic carbocycles. The molecule has 0 saturated carbocycles. The first kappa shape index (κ1) is 12.0. The van der Waals surface area contributed by atoms with E-state index in [0.29, 0.717) is 11.8 Å². The molecule has 2 saturated heterocycles. The van der Waals surface area contributed by atoms with E-state index in [9.17, 15) is 5.11 Å². The van der Waals surface area contributed by atoms with Gasteiger partial charge in [-0.1, -0.05) is 12.1 Å². The lowest BCUT2D eigenvalue weighted by Crippen LogP contribution is -2.35. The maximum absolute atomic E-state index is 9.29. The van der Waals surface area contributed by atoms with Crippen LogP contribution in [0.2, 0.25) is 0 Å². The third-order valence-electron chi connectivity index (χ3n) is 4.51. The van der Waals surface area contributed by atoms with E-state index in [1.165, 1.54) is 31.7 Å². The molecule has 0 aliphatic carbocycles. The average Bonchev–Trinajstić information content (AvgIpc) is 2.92. The predicted molar refractivity (Wildman–Crippen MR) is 72.7 cm³/mol. The van der Waals surface area contributed by atoms with E-state index in [1.54, 1.807) is 12.1 Å². The highest BCUT2D eigenvalue weighted by molar-refractivity contribution is 5.26. The second-order valence-corrected chi connectivity index (χ2v) is 5.85. The molecule has 2 aliphatic heterocycles. The maximum atomic E-state index is 9.29. The quantitative estimate of drug-likeness (QED) is 0.848. The number of nitrogens with one attached hydrogen (secondary N) is 1. The molecular formula is C15H22N2O. The van der Waals surface area contributed by atoms with Crippen molar-refractivity contribution in [2.45, 2.75) is 19.4 Å². The van der Waals surface area contributed by atoms with Crippen LogP contribution in [-0.2, 0) is 6.42 Å². The first-order valence-electron chi connectivity index (χ1n) is 6.95. The molecule has 18 heavy (non-hydrogen) atoms. The van der Waals surface area contributed by atoms with Gasteiger partial charge >= 0.3 is 0 Å². The van der Waals surface area contributed by atoms with E-state index in [1.807, 2.05) is 12.1 Å². The summed E-state index contributed by atoms with van der Waals surface area (Å²) in [5.41, 5.74) is 1.32. The molecule has 0 aromatic heterocycles. The summed E-state index contributed by atoms with van der Waals surface area (Å²) in [6.07, 6.45) is 1.08. The maximum Gasteiger partial charge on any atom is 0.115 e. The van der Waals surface area contributed by atoms with Crippen molar-refractivity contribution in [3.8, 4) is 5.75 Å². The number of hydrogen-bond donors (Lipinski definition) is 2. The summed E-state index contributed by atoms with van der Waals surface area (Å²) in [5.74, 6) is 2.09. The molecule has 2 aliphatic rings. The highest BCUT2D eigenvalue weighted by atomic mass is 16.3. The molecule has 0 spiro atoms. The van der Waals surface area contributed by atoms with Crippen LogP contribution in [0.15, 0.2) is 24.3 Å². The molecule has 98 valence electrons. The second-order valence-electron chi connectivity index (χ2n) is 5.85. The van der Waals surface area contributed by atoms with Crippen LogP contribution in [0.5, 0.6) is 5.75 Å². The molecule has 1 aromatic rings. The molecule has 2 heterocycles. The van der Waals surface area contributed by atoms with Gasteiger partial charge in [0.15, 0.2) is 0 Å². The van der Waals surface area contributed by atoms with Gasteiger partial charge in [0, 0.05) is 19.1 Å². The average molecular weight is 246 g/mol. The van der Waals surface area contributed by atoms with Gasteiger partial charge in [0.1, 0.15) is 5.75 Å². The minimum Gasteiger partial charge on any atom is -0.508 e. The monoisotopic (exact) mass is 246 g/mol. The Bertz CT molecular complexity index is 391. The Morgan fingerprint density at radius 2 is 1.83 bits per heavy atom. The molecule has 2 N–H and O–H groups in total. The van der Waals surface area contributed by atoms with Crippen LogP contribution in [0.3, 0.4) is 0 Å². The predicted octanol–water partition coefficient (Wildman–Crippen LogP) is 1.47. The lowest BCUT2D eigenvalue weighted by molar-refractivity contribution is 0.239. The zero-order valence-electron chi connectivity index (χ0n) is 11.0. The number of phenolic OH excluding ortho intramolecular Hbond substituents is 1. The molecule has 3 nitrogen and oxygen atoms in total. The minimum absolute atomic E-state index is 0.355. The number of fused-ring (bicyclic) bond motifs is 1. The van der Waals surface area contributed by atoms with Crippen molar-refractivity contribution in [1.82, 2.24) is 10.2 Å². The van der Waals surface area contributed by atoms with E-state index in [4.69, 9.17) is 0 Å². The van der Waals surface area contributed by atoms with Crippen molar-refractivity contribution in [2.75, 3.05) is 26.2 Å². The zero-order valence-corrected chi connectivity index (χ0v) is 11.0. The van der Waals surface area contributed by atoms with E-state index in [0.717, 1.165) is 18.3 Å². The number of rotatable bonds is 3. The van der Waals surface area contributed by atoms with Crippen molar-refractivity contribution < 1.29 is 5.11 Å². The molecular weight excluding hydrogens is 224 g/mol. The summed E-state index contributed by atoms with van der Waals surface area (Å²) >= 11 is 0. The van der Waals surface area contributed by atoms with Gasteiger partial charge in [-0.2, -0.15) is 0 Å². The van der Waals surface area contributed by atoms with Crippen molar-refractivity contribution >= 4 is 0 Å². The Morgan fingerprint density at radius 3 is 2.44 bits per heavy atom. The third-order valence-corrected chi connectivity index (χ3v) is 4.51. The van der Waals surface area contributed by atoms with Crippen molar-refractivity contribution in [3.63, 3.8) is 0 Å². The molecule has 0 amide bonds. The summed E-state index contributed by atoms with van der Waals surface area (Å²) in [7, 11) is 0. The van der Waals surface area contributed by atoms with E-state index in [-0.39, 0.29) is 0 Å². The van der Waals surface area contributed by atoms with Crippen molar-refractivity contribution in [3.05, 3.63) is 29.8 Å². The van der Waals surface area contributed by atoms with Crippen LogP contribution < -0.4 is 5.32 Å². The van der Waals surface area contributed by atoms with Gasteiger partial charge in [-0.15, -0.1) is 0 Å². The van der Waals surface area contributed by atoms with Crippen LogP contribution in [0, 0.1) is 11.8 Å². The van der Waals surface area contributed by atoms with Gasteiger partial charge in [-0.05, 0) is 56.0 Å². The van der Waals surface area contributed by atoms with Gasteiger partial charge in [0.05, 0.1) is 0 Å². The smallest absolute Gasteiger partial charge is 0.115 e. The lowest BCUT2D eigenvalue weighted by atomic mass is 10.0. The number of benzene rings is 1. The molecule has 1 unspecified atom stereocenters. The first-order valence-corrected chi connectivity index (χ1v) is 6.95. The summed E-state index contributed by atoms with van der Waals surface area (Å²) < 4.78 is 0. The molecule has 3 rings (SSSR count). The van der Waals surface area contributed by atoms with Crippen LogP contribution in [0.1, 0.15) is 12.5 Å². The van der Waals surface area contributed by atoms with Crippen molar-refractivity contribution in [2.24, 2.45) is 11.8 Å². The Morgan fingerprint density at radius 1 is 1.22 bits per heavy atom. The summed E-state index contributed by atoms with van der Waals surface area (Å²) in [6, 6.07) is 8.23. The van der Waals surface area contributed by atoms with Gasteiger partial charge in [-0.25, -0.2) is 0 Å². The fraction of sp³-hybridized carbons (Fsp3) is 0.600. The van der Waals surface area contributed by atoms with Gasteiger partial charge in [-0.3, -0.25) is 4.90 Å². The van der Waals surface area contributed by atoms with E-state index in [2.05, 4.69) is 17.1 Å². The molecule has 0 radical (unpaired) electrons. The van der Waals surface area contributed by atoms with Crippen LogP contribution in [-0.4, -0.2) is 42.2 Å². The zero-order chi connectivity index (χ0) is 12.5. The molecule has 3 heteroatoms. The SMILES string of the molecule is CC(Cc1ccc(O)cc1)N1C[C@H]2CNC[C@H]2C1. The normalized spacial score (nSPS) is 29.4. The van der Waals surface area contributed by atoms with Crippen LogP contribution in [0.4, 0.5) is 0 Å². The first-order chi connectivity index (χ1) is 8.72. The molecule has 0 bridgehead atoms. The third kappa shape index (κ3) is 2.38. The highest BCUT2D eigenvalue weighted by Gasteiger charge is 2.37. The Kier molecular flexibility index (Phi) is 3.27. The van der Waals surface area contributed by atoms with Crippen LogP contribution in [0.25, 0.3) is 0 Å². The topological polar surface area (TPSA) is 35.5 Å². The summed E-state index contributed by atoms with van der Waals surface area (Å²) in [6.45, 7) is 7.22. The Balaban J connectivity index is 1.58. The standard InChI is InChI=1S/C15H22N2O/c1-11(6-12-2-4-15(18)5-3-12)17-9-13-7-16-8-14(13)10-17/h2-5,11,13-14,16,18H,6-10H2,1H3/t11?,13-,14+. The van der Waals surface area contributed by atoms with Gasteiger partial charge < -0.3 is 10.4 Å². The van der Waals surface area contributed by atoms with Crippen molar-refractivity contribution in [1.29, 1.82) is 0 Å².